The fourth-order valence-corrected chi connectivity index (χ4v) is 5.91. The lowest BCUT2D eigenvalue weighted by Crippen LogP contribution is -2.43. The van der Waals surface area contributed by atoms with E-state index in [-0.39, 0.29) is 11.3 Å². The van der Waals surface area contributed by atoms with Gasteiger partial charge < -0.3 is 10.2 Å². The van der Waals surface area contributed by atoms with Crippen LogP contribution in [0, 0.1) is 5.92 Å². The second-order valence-corrected chi connectivity index (χ2v) is 10.2. The van der Waals surface area contributed by atoms with E-state index < -0.39 is 10.0 Å². The van der Waals surface area contributed by atoms with Gasteiger partial charge in [-0.05, 0) is 44.4 Å². The van der Waals surface area contributed by atoms with Crippen molar-refractivity contribution >= 4 is 21.7 Å². The predicted octanol–water partition coefficient (Wildman–Crippen LogP) is 2.08. The Balaban J connectivity index is 1.34. The molecule has 1 aliphatic carbocycles. The third-order valence-electron chi connectivity index (χ3n) is 5.75. The molecule has 2 saturated heterocycles. The fraction of sp³-hybridized carbons (Fsp3) is 0.778. The van der Waals surface area contributed by atoms with Gasteiger partial charge in [0.1, 0.15) is 18.0 Å². The van der Waals surface area contributed by atoms with E-state index in [0.717, 1.165) is 50.4 Å². The van der Waals surface area contributed by atoms with Gasteiger partial charge in [0.25, 0.3) is 0 Å². The molecule has 0 amide bonds. The normalized spacial score (nSPS) is 26.0. The summed E-state index contributed by atoms with van der Waals surface area (Å²) in [5.41, 5.74) is 0. The smallest absolute Gasteiger partial charge is 0.216 e. The summed E-state index contributed by atoms with van der Waals surface area (Å²) in [6.07, 6.45) is 7.44. The summed E-state index contributed by atoms with van der Waals surface area (Å²) in [6, 6.07) is 2.30. The molecule has 144 valence electrons. The standard InChI is InChI=1S/C18H29N5O2S/c1-14-3-2-8-22(12-14)18-11-17(19-13-20-18)21-15-6-9-23(10-7-15)26(24,25)16-4-5-16/h11,13-16H,2-10,12H2,1H3,(H,19,20,21). The molecule has 0 spiro atoms. The molecule has 3 fully saturated rings. The van der Waals surface area contributed by atoms with E-state index in [9.17, 15) is 8.42 Å². The summed E-state index contributed by atoms with van der Waals surface area (Å²) >= 11 is 0. The molecule has 1 atom stereocenters. The van der Waals surface area contributed by atoms with Crippen molar-refractivity contribution in [3.8, 4) is 0 Å². The maximum Gasteiger partial charge on any atom is 0.216 e. The lowest BCUT2D eigenvalue weighted by atomic mass is 10.0. The molecule has 3 heterocycles. The van der Waals surface area contributed by atoms with E-state index in [1.165, 1.54) is 12.8 Å². The summed E-state index contributed by atoms with van der Waals surface area (Å²) in [5, 5.41) is 3.38. The highest BCUT2D eigenvalue weighted by Crippen LogP contribution is 2.32. The molecule has 1 aromatic heterocycles. The third-order valence-corrected chi connectivity index (χ3v) is 8.14. The number of rotatable bonds is 5. The van der Waals surface area contributed by atoms with Crippen LogP contribution in [0.5, 0.6) is 0 Å². The SMILES string of the molecule is CC1CCCN(c2cc(NC3CCN(S(=O)(=O)C4CC4)CC3)ncn2)C1. The van der Waals surface area contributed by atoms with E-state index in [0.29, 0.717) is 19.0 Å². The Hall–Kier alpha value is -1.41. The number of nitrogens with zero attached hydrogens (tertiary/aromatic N) is 4. The molecule has 0 radical (unpaired) electrons. The molecule has 1 saturated carbocycles. The van der Waals surface area contributed by atoms with Crippen molar-refractivity contribution in [1.29, 1.82) is 0 Å². The monoisotopic (exact) mass is 379 g/mol. The zero-order valence-corrected chi connectivity index (χ0v) is 16.3. The van der Waals surface area contributed by atoms with E-state index in [1.807, 2.05) is 6.07 Å². The van der Waals surface area contributed by atoms with Crippen molar-refractivity contribution < 1.29 is 8.42 Å². The average molecular weight is 380 g/mol. The van der Waals surface area contributed by atoms with Crippen molar-refractivity contribution in [3.05, 3.63) is 12.4 Å². The summed E-state index contributed by atoms with van der Waals surface area (Å²) in [4.78, 5) is 11.2. The van der Waals surface area contributed by atoms with Crippen LogP contribution in [0.25, 0.3) is 0 Å². The topological polar surface area (TPSA) is 78.4 Å². The quantitative estimate of drug-likeness (QED) is 0.844. The predicted molar refractivity (Wildman–Crippen MR) is 103 cm³/mol. The summed E-state index contributed by atoms with van der Waals surface area (Å²) in [6.45, 7) is 5.61. The molecule has 0 bridgehead atoms. The Morgan fingerprint density at radius 3 is 2.54 bits per heavy atom. The first kappa shape index (κ1) is 18.0. The zero-order valence-electron chi connectivity index (χ0n) is 15.5. The van der Waals surface area contributed by atoms with Crippen LogP contribution in [0.3, 0.4) is 0 Å². The number of piperidine rings is 2. The van der Waals surface area contributed by atoms with Gasteiger partial charge in [-0.25, -0.2) is 22.7 Å². The van der Waals surface area contributed by atoms with Gasteiger partial charge in [-0.1, -0.05) is 6.92 Å². The van der Waals surface area contributed by atoms with Gasteiger partial charge in [0.15, 0.2) is 0 Å². The second kappa shape index (κ2) is 7.31. The molecule has 0 aromatic carbocycles. The Morgan fingerprint density at radius 1 is 1.08 bits per heavy atom. The number of sulfonamides is 1. The highest BCUT2D eigenvalue weighted by Gasteiger charge is 2.41. The first-order valence-corrected chi connectivity index (χ1v) is 11.3. The van der Waals surface area contributed by atoms with Crippen molar-refractivity contribution in [1.82, 2.24) is 14.3 Å². The summed E-state index contributed by atoms with van der Waals surface area (Å²) in [7, 11) is -3.04. The first-order chi connectivity index (χ1) is 12.5. The van der Waals surface area contributed by atoms with Gasteiger partial charge >= 0.3 is 0 Å². The van der Waals surface area contributed by atoms with Crippen LogP contribution in [-0.4, -0.2) is 60.2 Å². The van der Waals surface area contributed by atoms with E-state index in [1.54, 1.807) is 10.6 Å². The first-order valence-electron chi connectivity index (χ1n) is 9.85. The van der Waals surface area contributed by atoms with Gasteiger partial charge in [0.2, 0.25) is 10.0 Å². The average Bonchev–Trinajstić information content (AvgIpc) is 3.48. The number of hydrogen-bond donors (Lipinski definition) is 1. The lowest BCUT2D eigenvalue weighted by molar-refractivity contribution is 0.329. The number of anilines is 2. The highest BCUT2D eigenvalue weighted by molar-refractivity contribution is 7.90. The van der Waals surface area contributed by atoms with E-state index in [2.05, 4.69) is 27.1 Å². The Bertz CT molecular complexity index is 729. The van der Waals surface area contributed by atoms with Crippen molar-refractivity contribution in [2.75, 3.05) is 36.4 Å². The summed E-state index contributed by atoms with van der Waals surface area (Å²) < 4.78 is 26.4. The van der Waals surface area contributed by atoms with Crippen molar-refractivity contribution in [2.45, 2.75) is 56.7 Å². The van der Waals surface area contributed by atoms with Crippen LogP contribution >= 0.6 is 0 Å². The minimum Gasteiger partial charge on any atom is -0.367 e. The Labute approximate surface area is 156 Å². The molecular formula is C18H29N5O2S. The molecule has 26 heavy (non-hydrogen) atoms. The molecule has 4 rings (SSSR count). The van der Waals surface area contributed by atoms with Gasteiger partial charge in [-0.15, -0.1) is 0 Å². The van der Waals surface area contributed by atoms with Crippen molar-refractivity contribution in [2.24, 2.45) is 5.92 Å². The summed E-state index contributed by atoms with van der Waals surface area (Å²) in [5.74, 6) is 2.53. The Morgan fingerprint density at radius 2 is 1.85 bits per heavy atom. The molecule has 7 nitrogen and oxygen atoms in total. The van der Waals surface area contributed by atoms with Crippen LogP contribution in [0.4, 0.5) is 11.6 Å². The molecule has 1 N–H and O–H groups in total. The van der Waals surface area contributed by atoms with Gasteiger partial charge in [0.05, 0.1) is 5.25 Å². The molecule has 3 aliphatic rings. The molecule has 8 heteroatoms. The van der Waals surface area contributed by atoms with Crippen LogP contribution < -0.4 is 10.2 Å². The molecule has 2 aliphatic heterocycles. The second-order valence-electron chi connectivity index (χ2n) is 8.02. The molecule has 1 unspecified atom stereocenters. The Kier molecular flexibility index (Phi) is 5.05. The van der Waals surface area contributed by atoms with Crippen LogP contribution in [-0.2, 0) is 10.0 Å². The van der Waals surface area contributed by atoms with Gasteiger partial charge in [0, 0.05) is 38.3 Å². The van der Waals surface area contributed by atoms with Crippen LogP contribution in [0.2, 0.25) is 0 Å². The third kappa shape index (κ3) is 3.96. The highest BCUT2D eigenvalue weighted by atomic mass is 32.2. The molecule has 1 aromatic rings. The van der Waals surface area contributed by atoms with Crippen LogP contribution in [0.15, 0.2) is 12.4 Å². The minimum atomic E-state index is -3.04. The van der Waals surface area contributed by atoms with Gasteiger partial charge in [-0.2, -0.15) is 0 Å². The van der Waals surface area contributed by atoms with E-state index in [4.69, 9.17) is 0 Å². The van der Waals surface area contributed by atoms with Gasteiger partial charge in [-0.3, -0.25) is 0 Å². The van der Waals surface area contributed by atoms with Crippen molar-refractivity contribution in [3.63, 3.8) is 0 Å². The minimum absolute atomic E-state index is 0.108. The van der Waals surface area contributed by atoms with E-state index >= 15 is 0 Å². The zero-order chi connectivity index (χ0) is 18.1. The number of aromatic nitrogens is 2. The molecular weight excluding hydrogens is 350 g/mol. The number of hydrogen-bond acceptors (Lipinski definition) is 6. The number of nitrogens with one attached hydrogen (secondary N) is 1. The largest absolute Gasteiger partial charge is 0.367 e. The maximum atomic E-state index is 12.3. The fourth-order valence-electron chi connectivity index (χ4n) is 4.04. The van der Waals surface area contributed by atoms with Crippen LogP contribution in [0.1, 0.15) is 45.4 Å². The maximum absolute atomic E-state index is 12.3. The lowest BCUT2D eigenvalue weighted by Gasteiger charge is -2.33.